The standard InChI is InChI=1S/C22H21ClN2O4S2/c1-24(13-18(27)15-4-8-17(26)9-5-15)20(28)10-11-25-21(29)19(31-22(25)30)12-14-2-6-16(23)7-3-14/h2-9,12,18,26-27H,10-11,13H2,1H3/b19-12-/t18-/m1/s1. The number of thioether (sulfide) groups is 1. The van der Waals surface area contributed by atoms with Crippen molar-refractivity contribution < 1.29 is 19.8 Å². The first kappa shape index (κ1) is 23.3. The third kappa shape index (κ3) is 6.07. The minimum atomic E-state index is -0.881. The van der Waals surface area contributed by atoms with E-state index < -0.39 is 6.10 Å². The Balaban J connectivity index is 1.55. The molecule has 0 aromatic heterocycles. The van der Waals surface area contributed by atoms with Crippen LogP contribution in [0.3, 0.4) is 0 Å². The van der Waals surface area contributed by atoms with Gasteiger partial charge in [0.15, 0.2) is 0 Å². The van der Waals surface area contributed by atoms with E-state index >= 15 is 0 Å². The van der Waals surface area contributed by atoms with Crippen molar-refractivity contribution in [2.75, 3.05) is 20.1 Å². The smallest absolute Gasteiger partial charge is 0.266 e. The fourth-order valence-corrected chi connectivity index (χ4v) is 4.40. The quantitative estimate of drug-likeness (QED) is 0.467. The number of benzene rings is 2. The van der Waals surface area contributed by atoms with E-state index in [2.05, 4.69) is 0 Å². The van der Waals surface area contributed by atoms with Gasteiger partial charge in [0.1, 0.15) is 10.1 Å². The fraction of sp³-hybridized carbons (Fsp3) is 0.227. The molecular formula is C22H21ClN2O4S2. The summed E-state index contributed by atoms with van der Waals surface area (Å²) in [5.74, 6) is -0.341. The predicted molar refractivity (Wildman–Crippen MR) is 127 cm³/mol. The van der Waals surface area contributed by atoms with Crippen molar-refractivity contribution in [3.05, 3.63) is 69.6 Å². The molecule has 2 amide bonds. The van der Waals surface area contributed by atoms with Crippen LogP contribution in [0.25, 0.3) is 6.08 Å². The van der Waals surface area contributed by atoms with Gasteiger partial charge in [-0.3, -0.25) is 14.5 Å². The monoisotopic (exact) mass is 476 g/mol. The zero-order valence-corrected chi connectivity index (χ0v) is 19.1. The summed E-state index contributed by atoms with van der Waals surface area (Å²) >= 11 is 12.4. The molecule has 0 spiro atoms. The van der Waals surface area contributed by atoms with E-state index in [0.29, 0.717) is 19.8 Å². The average Bonchev–Trinajstić information content (AvgIpc) is 3.00. The number of rotatable bonds is 7. The molecule has 2 aromatic carbocycles. The number of thiocarbonyl (C=S) groups is 1. The second kappa shape index (κ2) is 10.3. The van der Waals surface area contributed by atoms with Gasteiger partial charge >= 0.3 is 0 Å². The molecule has 9 heteroatoms. The molecular weight excluding hydrogens is 456 g/mol. The summed E-state index contributed by atoms with van der Waals surface area (Å²) in [7, 11) is 1.59. The van der Waals surface area contributed by atoms with Gasteiger partial charge in [0.05, 0.1) is 17.6 Å². The second-order valence-electron chi connectivity index (χ2n) is 7.02. The molecule has 1 heterocycles. The van der Waals surface area contributed by atoms with Crippen molar-refractivity contribution >= 4 is 57.8 Å². The largest absolute Gasteiger partial charge is 0.508 e. The van der Waals surface area contributed by atoms with Crippen molar-refractivity contribution in [1.29, 1.82) is 0 Å². The number of nitrogens with zero attached hydrogens (tertiary/aromatic N) is 2. The topological polar surface area (TPSA) is 81.1 Å². The van der Waals surface area contributed by atoms with Crippen molar-refractivity contribution in [1.82, 2.24) is 9.80 Å². The number of phenolic OH excluding ortho intramolecular Hbond substituents is 1. The summed E-state index contributed by atoms with van der Waals surface area (Å²) in [4.78, 5) is 28.5. The molecule has 2 N–H and O–H groups in total. The Morgan fingerprint density at radius 1 is 1.23 bits per heavy atom. The molecule has 6 nitrogen and oxygen atoms in total. The molecule has 0 aliphatic carbocycles. The van der Waals surface area contributed by atoms with Gasteiger partial charge in [-0.2, -0.15) is 0 Å². The minimum absolute atomic E-state index is 0.0828. The zero-order valence-electron chi connectivity index (χ0n) is 16.7. The number of halogens is 1. The molecule has 0 radical (unpaired) electrons. The number of aliphatic hydroxyl groups excluding tert-OH is 1. The van der Waals surface area contributed by atoms with Crippen LogP contribution in [-0.2, 0) is 9.59 Å². The van der Waals surface area contributed by atoms with E-state index in [1.54, 1.807) is 37.4 Å². The van der Waals surface area contributed by atoms with Gasteiger partial charge < -0.3 is 15.1 Å². The lowest BCUT2D eigenvalue weighted by atomic mass is 10.1. The Kier molecular flexibility index (Phi) is 7.72. The van der Waals surface area contributed by atoms with Crippen molar-refractivity contribution in [3.63, 3.8) is 0 Å². The maximum atomic E-state index is 12.7. The summed E-state index contributed by atoms with van der Waals surface area (Å²) < 4.78 is 0.407. The van der Waals surface area contributed by atoms with E-state index in [1.807, 2.05) is 12.1 Å². The molecule has 1 saturated heterocycles. The van der Waals surface area contributed by atoms with Crippen LogP contribution in [0.5, 0.6) is 5.75 Å². The Morgan fingerprint density at radius 3 is 2.52 bits per heavy atom. The van der Waals surface area contributed by atoms with E-state index in [-0.39, 0.29) is 37.1 Å². The summed E-state index contributed by atoms with van der Waals surface area (Å²) in [6.07, 6.45) is 0.949. The second-order valence-corrected chi connectivity index (χ2v) is 9.13. The van der Waals surface area contributed by atoms with E-state index in [4.69, 9.17) is 23.8 Å². The number of hydrogen-bond acceptors (Lipinski definition) is 6. The molecule has 2 aromatic rings. The molecule has 0 unspecified atom stereocenters. The van der Waals surface area contributed by atoms with Gasteiger partial charge in [-0.15, -0.1) is 0 Å². The Labute approximate surface area is 195 Å². The van der Waals surface area contributed by atoms with Crippen LogP contribution in [0, 0.1) is 0 Å². The lowest BCUT2D eigenvalue weighted by Gasteiger charge is -2.22. The highest BCUT2D eigenvalue weighted by atomic mass is 35.5. The Hall–Kier alpha value is -2.39. The number of aromatic hydroxyl groups is 1. The van der Waals surface area contributed by atoms with Gasteiger partial charge in [-0.05, 0) is 41.5 Å². The van der Waals surface area contributed by atoms with E-state index in [0.717, 1.165) is 5.56 Å². The van der Waals surface area contributed by atoms with Crippen molar-refractivity contribution in [3.8, 4) is 5.75 Å². The first-order valence-electron chi connectivity index (χ1n) is 9.46. The normalized spacial score (nSPS) is 16.1. The van der Waals surface area contributed by atoms with Crippen LogP contribution in [0.4, 0.5) is 0 Å². The zero-order chi connectivity index (χ0) is 22.5. The molecule has 3 rings (SSSR count). The molecule has 1 aliphatic rings. The highest BCUT2D eigenvalue weighted by Gasteiger charge is 2.32. The van der Waals surface area contributed by atoms with Crippen LogP contribution in [0.2, 0.25) is 5.02 Å². The highest BCUT2D eigenvalue weighted by molar-refractivity contribution is 8.26. The summed E-state index contributed by atoms with van der Waals surface area (Å²) in [6.45, 7) is 0.263. The van der Waals surface area contributed by atoms with Crippen molar-refractivity contribution in [2.24, 2.45) is 0 Å². The third-order valence-corrected chi connectivity index (χ3v) is 6.37. The number of carbonyl (C=O) groups is 2. The molecule has 0 bridgehead atoms. The summed E-state index contributed by atoms with van der Waals surface area (Å²) in [5, 5.41) is 20.3. The van der Waals surface area contributed by atoms with Crippen LogP contribution < -0.4 is 0 Å². The van der Waals surface area contributed by atoms with Gasteiger partial charge in [-0.1, -0.05) is 59.8 Å². The van der Waals surface area contributed by atoms with Crippen LogP contribution in [-0.4, -0.2) is 56.3 Å². The summed E-state index contributed by atoms with van der Waals surface area (Å²) in [6, 6.07) is 13.3. The maximum absolute atomic E-state index is 12.7. The van der Waals surface area contributed by atoms with Crippen molar-refractivity contribution in [2.45, 2.75) is 12.5 Å². The van der Waals surface area contributed by atoms with Crippen LogP contribution in [0.15, 0.2) is 53.4 Å². The average molecular weight is 477 g/mol. The number of aliphatic hydroxyl groups is 1. The highest BCUT2D eigenvalue weighted by Crippen LogP contribution is 2.32. The van der Waals surface area contributed by atoms with Gasteiger partial charge in [0.25, 0.3) is 5.91 Å². The third-order valence-electron chi connectivity index (χ3n) is 4.74. The minimum Gasteiger partial charge on any atom is -0.508 e. The molecule has 162 valence electrons. The summed E-state index contributed by atoms with van der Waals surface area (Å²) in [5.41, 5.74) is 1.44. The Morgan fingerprint density at radius 2 is 1.87 bits per heavy atom. The lowest BCUT2D eigenvalue weighted by Crippen LogP contribution is -2.36. The fourth-order valence-electron chi connectivity index (χ4n) is 2.96. The molecule has 0 saturated carbocycles. The maximum Gasteiger partial charge on any atom is 0.266 e. The van der Waals surface area contributed by atoms with Crippen LogP contribution in [0.1, 0.15) is 23.7 Å². The molecule has 1 atom stereocenters. The van der Waals surface area contributed by atoms with E-state index in [9.17, 15) is 19.8 Å². The SMILES string of the molecule is CN(C[C@@H](O)c1ccc(O)cc1)C(=O)CCN1C(=O)/C(=C/c2ccc(Cl)cc2)SC1=S. The molecule has 1 aliphatic heterocycles. The lowest BCUT2D eigenvalue weighted by molar-refractivity contribution is -0.131. The number of phenols is 1. The Bertz CT molecular complexity index is 1010. The first-order chi connectivity index (χ1) is 14.7. The number of likely N-dealkylation sites (N-methyl/N-ethyl adjacent to an activating group) is 1. The molecule has 1 fully saturated rings. The van der Waals surface area contributed by atoms with Gasteiger partial charge in [0.2, 0.25) is 5.91 Å². The molecule has 31 heavy (non-hydrogen) atoms. The number of hydrogen-bond donors (Lipinski definition) is 2. The van der Waals surface area contributed by atoms with Gasteiger partial charge in [-0.25, -0.2) is 0 Å². The van der Waals surface area contributed by atoms with Gasteiger partial charge in [0, 0.05) is 25.0 Å². The number of amides is 2. The van der Waals surface area contributed by atoms with E-state index in [1.165, 1.54) is 33.7 Å². The van der Waals surface area contributed by atoms with Crippen LogP contribution >= 0.6 is 35.6 Å². The predicted octanol–water partition coefficient (Wildman–Crippen LogP) is 3.83. The first-order valence-corrected chi connectivity index (χ1v) is 11.1. The number of carbonyl (C=O) groups excluding carboxylic acids is 2.